The van der Waals surface area contributed by atoms with Crippen molar-refractivity contribution in [2.24, 2.45) is 0 Å². The molecule has 0 aliphatic carbocycles. The molecule has 3 amide bonds. The van der Waals surface area contributed by atoms with E-state index < -0.39 is 0 Å². The minimum absolute atomic E-state index is 0.0968. The number of benzene rings is 4. The summed E-state index contributed by atoms with van der Waals surface area (Å²) in [7, 11) is 3.18. The quantitative estimate of drug-likeness (QED) is 0.109. The van der Waals surface area contributed by atoms with Gasteiger partial charge in [0.15, 0.2) is 11.5 Å². The Hall–Kier alpha value is -6.33. The van der Waals surface area contributed by atoms with E-state index in [1.807, 2.05) is 102 Å². The number of carbonyl (C=O) groups excluding carboxylic acids is 3. The molecule has 11 nitrogen and oxygen atoms in total. The molecule has 0 unspecified atom stereocenters. The summed E-state index contributed by atoms with van der Waals surface area (Å²) in [6, 6.07) is 29.0. The summed E-state index contributed by atoms with van der Waals surface area (Å²) in [5.74, 6) is 0.874. The fourth-order valence-corrected chi connectivity index (χ4v) is 7.73. The fourth-order valence-electron chi connectivity index (χ4n) is 7.73. The van der Waals surface area contributed by atoms with Crippen LogP contribution in [0.2, 0.25) is 0 Å². The molecule has 6 aromatic rings. The second-order valence-corrected chi connectivity index (χ2v) is 14.2. The second-order valence-electron chi connectivity index (χ2n) is 14.2. The average Bonchev–Trinajstić information content (AvgIpc) is 3.84. The summed E-state index contributed by atoms with van der Waals surface area (Å²) < 4.78 is 11.0. The van der Waals surface area contributed by atoms with Gasteiger partial charge in [0.25, 0.3) is 5.91 Å². The maximum Gasteiger partial charge on any atom is 0.251 e. The maximum atomic E-state index is 13.7. The molecule has 0 saturated heterocycles. The topological polar surface area (TPSA) is 123 Å². The molecule has 11 heteroatoms. The highest BCUT2D eigenvalue weighted by atomic mass is 16.5. The number of hydrazine groups is 1. The number of amides is 3. The minimum Gasteiger partial charge on any atom is -0.493 e. The number of aromatic nitrogens is 2. The van der Waals surface area contributed by atoms with E-state index in [2.05, 4.69) is 32.4 Å². The van der Waals surface area contributed by atoms with Crippen LogP contribution in [0.5, 0.6) is 11.5 Å². The molecule has 0 fully saturated rings. The van der Waals surface area contributed by atoms with Crippen LogP contribution in [0.3, 0.4) is 0 Å². The first-order valence-electron chi connectivity index (χ1n) is 18.9. The first kappa shape index (κ1) is 38.0. The van der Waals surface area contributed by atoms with Crippen molar-refractivity contribution in [3.63, 3.8) is 0 Å². The molecule has 3 heterocycles. The van der Waals surface area contributed by atoms with E-state index in [4.69, 9.17) is 9.47 Å². The van der Waals surface area contributed by atoms with E-state index in [1.165, 1.54) is 0 Å². The highest BCUT2D eigenvalue weighted by Gasteiger charge is 2.32. The third-order valence-electron chi connectivity index (χ3n) is 10.6. The van der Waals surface area contributed by atoms with Gasteiger partial charge >= 0.3 is 0 Å². The van der Waals surface area contributed by atoms with Crippen LogP contribution in [0.25, 0.3) is 27.4 Å². The fraction of sp³-hybridized carbons (Fsp3) is 0.267. The smallest absolute Gasteiger partial charge is 0.251 e. The summed E-state index contributed by atoms with van der Waals surface area (Å²) in [5.41, 5.74) is 7.75. The number of hydrogen-bond donors (Lipinski definition) is 3. The van der Waals surface area contributed by atoms with Crippen LogP contribution < -0.4 is 14.8 Å². The molecule has 1 aliphatic heterocycles. The predicted molar refractivity (Wildman–Crippen MR) is 219 cm³/mol. The molecule has 7 rings (SSSR count). The average molecular weight is 753 g/mol. The van der Waals surface area contributed by atoms with Crippen LogP contribution in [0.4, 0.5) is 0 Å². The van der Waals surface area contributed by atoms with Crippen LogP contribution in [-0.2, 0) is 29.1 Å². The van der Waals surface area contributed by atoms with E-state index in [1.54, 1.807) is 33.0 Å². The molecule has 2 aromatic heterocycles. The number of nitrogens with one attached hydrogen (secondary N) is 3. The van der Waals surface area contributed by atoms with Crippen LogP contribution in [-0.4, -0.2) is 82.5 Å². The van der Waals surface area contributed by atoms with Crippen LogP contribution >= 0.6 is 0 Å². The van der Waals surface area contributed by atoms with Crippen molar-refractivity contribution in [1.82, 2.24) is 30.2 Å². The van der Waals surface area contributed by atoms with Gasteiger partial charge in [0, 0.05) is 91.9 Å². The summed E-state index contributed by atoms with van der Waals surface area (Å²) >= 11 is 0. The Morgan fingerprint density at radius 1 is 0.804 bits per heavy atom. The first-order valence-corrected chi connectivity index (χ1v) is 18.9. The Kier molecular flexibility index (Phi) is 11.5. The number of aromatic amines is 2. The molecule has 1 aliphatic rings. The van der Waals surface area contributed by atoms with E-state index >= 15 is 0 Å². The molecular formula is C45H48N6O5. The zero-order valence-corrected chi connectivity index (χ0v) is 32.3. The Labute approximate surface area is 326 Å². The molecule has 4 aromatic carbocycles. The van der Waals surface area contributed by atoms with Crippen molar-refractivity contribution in [3.8, 4) is 11.5 Å². The van der Waals surface area contributed by atoms with Crippen molar-refractivity contribution < 1.29 is 23.9 Å². The SMILES string of the molecule is COc1ccc(CN(C[C@@H](Cc2c[nH]c3ccccc23)N(C(C)=O)N2CC=C(c3c[nH]c4ccc(C(=O)NCc5ccccc5)cc34)CC2)C(C)=O)cc1OC. The molecular weight excluding hydrogens is 705 g/mol. The molecule has 0 radical (unpaired) electrons. The number of hydrogen-bond acceptors (Lipinski definition) is 6. The summed E-state index contributed by atoms with van der Waals surface area (Å²) in [4.78, 5) is 48.8. The first-order chi connectivity index (χ1) is 27.2. The Morgan fingerprint density at radius 3 is 2.29 bits per heavy atom. The monoisotopic (exact) mass is 752 g/mol. The van der Waals surface area contributed by atoms with E-state index in [0.29, 0.717) is 62.6 Å². The number of methoxy groups -OCH3 is 2. The van der Waals surface area contributed by atoms with Crippen molar-refractivity contribution in [1.29, 1.82) is 0 Å². The number of fused-ring (bicyclic) bond motifs is 2. The summed E-state index contributed by atoms with van der Waals surface area (Å²) in [5, 5.41) is 9.04. The van der Waals surface area contributed by atoms with Gasteiger partial charge in [-0.3, -0.25) is 19.4 Å². The number of nitrogens with zero attached hydrogens (tertiary/aromatic N) is 3. The number of H-pyrrole nitrogens is 2. The van der Waals surface area contributed by atoms with Crippen molar-refractivity contribution in [2.75, 3.05) is 33.9 Å². The van der Waals surface area contributed by atoms with Gasteiger partial charge in [-0.2, -0.15) is 0 Å². The number of para-hydroxylation sites is 1. The molecule has 1 atom stereocenters. The number of carbonyl (C=O) groups is 3. The third-order valence-corrected chi connectivity index (χ3v) is 10.6. The van der Waals surface area contributed by atoms with Gasteiger partial charge in [0.05, 0.1) is 20.3 Å². The largest absolute Gasteiger partial charge is 0.493 e. The molecule has 3 N–H and O–H groups in total. The lowest BCUT2D eigenvalue weighted by atomic mass is 9.98. The van der Waals surface area contributed by atoms with E-state index in [9.17, 15) is 14.4 Å². The zero-order valence-electron chi connectivity index (χ0n) is 32.3. The van der Waals surface area contributed by atoms with Crippen LogP contribution in [0, 0.1) is 0 Å². The Balaban J connectivity index is 1.14. The van der Waals surface area contributed by atoms with E-state index in [-0.39, 0.29) is 23.8 Å². The third kappa shape index (κ3) is 8.33. The number of rotatable bonds is 14. The van der Waals surface area contributed by atoms with Gasteiger partial charge < -0.3 is 29.7 Å². The van der Waals surface area contributed by atoms with Gasteiger partial charge in [-0.1, -0.05) is 60.7 Å². The lowest BCUT2D eigenvalue weighted by Crippen LogP contribution is -2.57. The van der Waals surface area contributed by atoms with Crippen molar-refractivity contribution in [2.45, 2.75) is 45.8 Å². The van der Waals surface area contributed by atoms with E-state index in [0.717, 1.165) is 49.6 Å². The standard InChI is InChI=1S/C45H48N6O5/c1-30(52)49(28-33-14-17-43(55-3)44(22-33)56-4)29-37(23-36-26-46-41-13-9-8-12-38(36)41)51(31(2)53)50-20-18-34(19-21-50)40-27-47-42-16-15-35(24-39(40)42)45(54)48-25-32-10-6-5-7-11-32/h5-18,22,24,26-27,37,46-47H,19-21,23,25,28-29H2,1-4H3,(H,48,54)/t37-/m1/s1. The summed E-state index contributed by atoms with van der Waals surface area (Å²) in [6.45, 7) is 5.35. The van der Waals surface area contributed by atoms with Crippen molar-refractivity contribution in [3.05, 3.63) is 137 Å². The normalized spacial score (nSPS) is 13.6. The Morgan fingerprint density at radius 2 is 1.55 bits per heavy atom. The Bertz CT molecular complexity index is 2380. The van der Waals surface area contributed by atoms with Gasteiger partial charge in [-0.05, 0) is 71.5 Å². The van der Waals surface area contributed by atoms with Crippen LogP contribution in [0.1, 0.15) is 52.9 Å². The molecule has 0 saturated carbocycles. The molecule has 0 spiro atoms. The zero-order chi connectivity index (χ0) is 39.2. The predicted octanol–water partition coefficient (Wildman–Crippen LogP) is 7.11. The lowest BCUT2D eigenvalue weighted by Gasteiger charge is -2.43. The minimum atomic E-state index is -0.365. The van der Waals surface area contributed by atoms with Gasteiger partial charge in [0.2, 0.25) is 11.8 Å². The number of ether oxygens (including phenoxy) is 2. The van der Waals surface area contributed by atoms with Gasteiger partial charge in [-0.25, -0.2) is 5.01 Å². The van der Waals surface area contributed by atoms with Gasteiger partial charge in [-0.15, -0.1) is 0 Å². The van der Waals surface area contributed by atoms with Crippen molar-refractivity contribution >= 4 is 45.1 Å². The highest BCUT2D eigenvalue weighted by Crippen LogP contribution is 2.32. The molecule has 0 bridgehead atoms. The van der Waals surface area contributed by atoms with Gasteiger partial charge in [0.1, 0.15) is 0 Å². The second kappa shape index (κ2) is 17.0. The lowest BCUT2D eigenvalue weighted by molar-refractivity contribution is -0.155. The van der Waals surface area contributed by atoms with Crippen LogP contribution in [0.15, 0.2) is 109 Å². The maximum absolute atomic E-state index is 13.7. The highest BCUT2D eigenvalue weighted by molar-refractivity contribution is 6.01. The summed E-state index contributed by atoms with van der Waals surface area (Å²) in [6.07, 6.45) is 7.38. The molecule has 288 valence electrons. The molecule has 56 heavy (non-hydrogen) atoms.